The predicted octanol–water partition coefficient (Wildman–Crippen LogP) is 3.80. The highest BCUT2D eigenvalue weighted by molar-refractivity contribution is 5.94. The van der Waals surface area contributed by atoms with Crippen molar-refractivity contribution in [3.8, 4) is 22.5 Å². The molecular weight excluding hydrogens is 423 g/mol. The minimum absolute atomic E-state index is 0.218. The Morgan fingerprint density at radius 1 is 1.16 bits per heavy atom. The van der Waals surface area contributed by atoms with Crippen LogP contribution in [0.4, 0.5) is 13.2 Å². The number of halogens is 3. The highest BCUT2D eigenvalue weighted by Crippen LogP contribution is 2.32. The molecule has 1 N–H and O–H groups in total. The maximum absolute atomic E-state index is 13.2. The fourth-order valence-corrected chi connectivity index (χ4v) is 3.31. The number of hydrogen-bond acceptors (Lipinski definition) is 6. The van der Waals surface area contributed by atoms with Gasteiger partial charge in [-0.2, -0.15) is 13.2 Å². The zero-order valence-electron chi connectivity index (χ0n) is 17.1. The first-order valence-electron chi connectivity index (χ1n) is 9.68. The molecule has 1 unspecified atom stereocenters. The molecule has 0 aliphatic carbocycles. The number of aryl methyl sites for hydroxylation is 1. The quantitative estimate of drug-likeness (QED) is 0.518. The topological polar surface area (TPSA) is 93.8 Å². The Morgan fingerprint density at radius 2 is 1.94 bits per heavy atom. The van der Waals surface area contributed by atoms with E-state index in [0.717, 1.165) is 17.8 Å². The Kier molecular flexibility index (Phi) is 5.47. The van der Waals surface area contributed by atoms with Crippen molar-refractivity contribution in [2.75, 3.05) is 6.61 Å². The zero-order chi connectivity index (χ0) is 23.0. The van der Waals surface area contributed by atoms with Crippen LogP contribution in [0.15, 0.2) is 54.0 Å². The molecular formula is C22H18F3N5O2. The van der Waals surface area contributed by atoms with Gasteiger partial charge < -0.3 is 5.11 Å². The summed E-state index contributed by atoms with van der Waals surface area (Å²) in [6.45, 7) is 3.26. The second-order valence-corrected chi connectivity index (χ2v) is 7.36. The van der Waals surface area contributed by atoms with Crippen LogP contribution in [0.2, 0.25) is 0 Å². The maximum atomic E-state index is 13.2. The summed E-state index contributed by atoms with van der Waals surface area (Å²) in [6.07, 6.45) is 1.07. The van der Waals surface area contributed by atoms with E-state index in [-0.39, 0.29) is 17.7 Å². The van der Waals surface area contributed by atoms with E-state index in [4.69, 9.17) is 0 Å². The lowest BCUT2D eigenvalue weighted by Gasteiger charge is -2.15. The van der Waals surface area contributed by atoms with Crippen molar-refractivity contribution in [3.05, 3.63) is 70.8 Å². The summed E-state index contributed by atoms with van der Waals surface area (Å²) >= 11 is 0. The monoisotopic (exact) mass is 441 g/mol. The van der Waals surface area contributed by atoms with Gasteiger partial charge >= 0.3 is 6.18 Å². The molecule has 0 amide bonds. The summed E-state index contributed by atoms with van der Waals surface area (Å²) in [5.41, 5.74) is 1.34. The van der Waals surface area contributed by atoms with Crippen LogP contribution >= 0.6 is 0 Å². The molecule has 4 rings (SSSR count). The highest BCUT2D eigenvalue weighted by Gasteiger charge is 2.32. The second kappa shape index (κ2) is 8.12. The first kappa shape index (κ1) is 21.6. The molecule has 0 aliphatic heterocycles. The summed E-state index contributed by atoms with van der Waals surface area (Å²) in [7, 11) is 0. The highest BCUT2D eigenvalue weighted by atomic mass is 19.4. The van der Waals surface area contributed by atoms with Crippen molar-refractivity contribution in [1.82, 2.24) is 24.5 Å². The third-order valence-corrected chi connectivity index (χ3v) is 5.15. The Balaban J connectivity index is 2.01. The van der Waals surface area contributed by atoms with Crippen LogP contribution in [0, 0.1) is 6.92 Å². The Morgan fingerprint density at radius 3 is 2.56 bits per heavy atom. The van der Waals surface area contributed by atoms with E-state index in [1.165, 1.54) is 23.0 Å². The van der Waals surface area contributed by atoms with E-state index in [1.807, 2.05) is 6.92 Å². The molecule has 0 saturated carbocycles. The van der Waals surface area contributed by atoms with Crippen LogP contribution < -0.4 is 5.56 Å². The molecule has 7 nitrogen and oxygen atoms in total. The molecule has 32 heavy (non-hydrogen) atoms. The van der Waals surface area contributed by atoms with Gasteiger partial charge in [0.2, 0.25) is 0 Å². The van der Waals surface area contributed by atoms with Crippen molar-refractivity contribution in [2.24, 2.45) is 0 Å². The van der Waals surface area contributed by atoms with Crippen LogP contribution in [-0.4, -0.2) is 36.2 Å². The normalized spacial score (nSPS) is 12.8. The molecule has 0 aliphatic rings. The van der Waals surface area contributed by atoms with E-state index in [0.29, 0.717) is 22.3 Å². The van der Waals surface area contributed by atoms with Gasteiger partial charge in [0.1, 0.15) is 11.2 Å². The lowest BCUT2D eigenvalue weighted by Crippen LogP contribution is -2.26. The van der Waals surface area contributed by atoms with Crippen molar-refractivity contribution < 1.29 is 18.3 Å². The molecule has 4 aromatic rings. The molecule has 0 bridgehead atoms. The van der Waals surface area contributed by atoms with E-state index in [2.05, 4.69) is 19.9 Å². The van der Waals surface area contributed by atoms with Gasteiger partial charge in [-0.05, 0) is 43.7 Å². The van der Waals surface area contributed by atoms with E-state index >= 15 is 0 Å². The van der Waals surface area contributed by atoms with Gasteiger partial charge in [-0.1, -0.05) is 0 Å². The van der Waals surface area contributed by atoms with Gasteiger partial charge in [-0.25, -0.2) is 9.97 Å². The minimum Gasteiger partial charge on any atom is -0.394 e. The fourth-order valence-electron chi connectivity index (χ4n) is 3.31. The smallest absolute Gasteiger partial charge is 0.394 e. The number of aromatic nitrogens is 5. The number of aliphatic hydroxyl groups excluding tert-OH is 1. The largest absolute Gasteiger partial charge is 0.433 e. The van der Waals surface area contributed by atoms with Gasteiger partial charge in [0.05, 0.1) is 35.8 Å². The van der Waals surface area contributed by atoms with Gasteiger partial charge in [0.15, 0.2) is 0 Å². The Labute approximate surface area is 180 Å². The van der Waals surface area contributed by atoms with Gasteiger partial charge in [-0.3, -0.25) is 19.3 Å². The van der Waals surface area contributed by atoms with E-state index < -0.39 is 23.5 Å². The van der Waals surface area contributed by atoms with Crippen LogP contribution in [0.1, 0.15) is 24.2 Å². The summed E-state index contributed by atoms with van der Waals surface area (Å²) in [5.74, 6) is 0. The molecule has 164 valence electrons. The molecule has 1 atom stereocenters. The molecule has 0 spiro atoms. The van der Waals surface area contributed by atoms with Crippen molar-refractivity contribution in [1.29, 1.82) is 0 Å². The first-order chi connectivity index (χ1) is 15.2. The fraction of sp³-hybridized carbons (Fsp3) is 0.227. The number of rotatable bonds is 4. The minimum atomic E-state index is -4.56. The molecule has 4 aromatic heterocycles. The van der Waals surface area contributed by atoms with Crippen molar-refractivity contribution >= 4 is 10.9 Å². The summed E-state index contributed by atoms with van der Waals surface area (Å²) in [4.78, 5) is 29.8. The number of fused-ring (bicyclic) bond motifs is 1. The molecule has 0 saturated heterocycles. The number of hydrogen-bond donors (Lipinski definition) is 1. The standard InChI is InChI=1S/C22H18F3N5O2/c1-12-5-6-26-9-16(12)20-19-15(21(32)30(11-28-19)13(2)10-31)7-17(29-20)14-3-4-18(27-8-14)22(23,24)25/h3-9,11,13,31H,10H2,1-2H3. The summed E-state index contributed by atoms with van der Waals surface area (Å²) in [6, 6.07) is 4.88. The molecule has 0 fully saturated rings. The predicted molar refractivity (Wildman–Crippen MR) is 112 cm³/mol. The average Bonchev–Trinajstić information content (AvgIpc) is 2.78. The van der Waals surface area contributed by atoms with E-state index in [9.17, 15) is 23.1 Å². The van der Waals surface area contributed by atoms with Crippen molar-refractivity contribution in [2.45, 2.75) is 26.1 Å². The SMILES string of the molecule is Cc1ccncc1-c1nc(-c2ccc(C(F)(F)F)nc2)cc2c(=O)n(C(C)CO)cnc12. The molecule has 4 heterocycles. The van der Waals surface area contributed by atoms with Gasteiger partial charge in [0.25, 0.3) is 5.56 Å². The Bertz CT molecular complexity index is 1350. The summed E-state index contributed by atoms with van der Waals surface area (Å²) in [5, 5.41) is 9.69. The maximum Gasteiger partial charge on any atom is 0.433 e. The lowest BCUT2D eigenvalue weighted by molar-refractivity contribution is -0.141. The average molecular weight is 441 g/mol. The van der Waals surface area contributed by atoms with Crippen LogP contribution in [0.3, 0.4) is 0 Å². The number of pyridine rings is 3. The number of aliphatic hydroxyl groups is 1. The second-order valence-electron chi connectivity index (χ2n) is 7.36. The lowest BCUT2D eigenvalue weighted by atomic mass is 10.0. The number of nitrogens with zero attached hydrogens (tertiary/aromatic N) is 5. The van der Waals surface area contributed by atoms with Crippen molar-refractivity contribution in [3.63, 3.8) is 0 Å². The van der Waals surface area contributed by atoms with Crippen LogP contribution in [0.5, 0.6) is 0 Å². The van der Waals surface area contributed by atoms with Crippen LogP contribution in [-0.2, 0) is 6.18 Å². The van der Waals surface area contributed by atoms with Gasteiger partial charge in [-0.15, -0.1) is 0 Å². The number of alkyl halides is 3. The first-order valence-corrected chi connectivity index (χ1v) is 9.68. The molecule has 0 aromatic carbocycles. The van der Waals surface area contributed by atoms with Gasteiger partial charge in [0, 0.05) is 29.7 Å². The third-order valence-electron chi connectivity index (χ3n) is 5.15. The third kappa shape index (κ3) is 3.84. The molecule has 0 radical (unpaired) electrons. The van der Waals surface area contributed by atoms with E-state index in [1.54, 1.807) is 25.4 Å². The summed E-state index contributed by atoms with van der Waals surface area (Å²) < 4.78 is 40.0. The zero-order valence-corrected chi connectivity index (χ0v) is 17.1. The molecule has 10 heteroatoms. The Hall–Kier alpha value is -3.66. The van der Waals surface area contributed by atoms with Crippen LogP contribution in [0.25, 0.3) is 33.4 Å².